The molecule has 2 atom stereocenters. The number of aliphatic carboxylic acids is 1. The Labute approximate surface area is 240 Å². The average Bonchev–Trinajstić information content (AvgIpc) is 3.56. The zero-order chi connectivity index (χ0) is 29.4. The van der Waals surface area contributed by atoms with Gasteiger partial charge in [-0.3, -0.25) is 19.2 Å². The number of amides is 3. The summed E-state index contributed by atoms with van der Waals surface area (Å²) in [5, 5.41) is 14.7. The molecule has 1 aliphatic heterocycles. The van der Waals surface area contributed by atoms with E-state index in [4.69, 9.17) is 5.11 Å². The van der Waals surface area contributed by atoms with E-state index < -0.39 is 23.5 Å². The van der Waals surface area contributed by atoms with Crippen LogP contribution >= 0.6 is 11.3 Å². The van der Waals surface area contributed by atoms with E-state index in [1.54, 1.807) is 28.2 Å². The van der Waals surface area contributed by atoms with E-state index in [0.29, 0.717) is 39.0 Å². The number of carbonyl (C=O) groups is 4. The second-order valence-corrected chi connectivity index (χ2v) is 12.3. The number of thiazole rings is 1. The molecule has 0 radical (unpaired) electrons. The SMILES string of the molecule is Cc1ncsc1-c1ccc(CNC(=O)[C@@H]2CCCN2C(=O)C(NC(=O)CCN(C)CCC(=O)O)C(C)(C)C)cc1. The number of hydrogen-bond acceptors (Lipinski definition) is 7. The van der Waals surface area contributed by atoms with Crippen molar-refractivity contribution >= 4 is 35.0 Å². The molecule has 1 unspecified atom stereocenters. The van der Waals surface area contributed by atoms with Gasteiger partial charge in [0.15, 0.2) is 0 Å². The molecule has 1 fully saturated rings. The summed E-state index contributed by atoms with van der Waals surface area (Å²) < 4.78 is 0. The van der Waals surface area contributed by atoms with E-state index >= 15 is 0 Å². The summed E-state index contributed by atoms with van der Waals surface area (Å²) in [6.07, 6.45) is 1.42. The molecule has 2 aromatic rings. The van der Waals surface area contributed by atoms with Gasteiger partial charge in [0, 0.05) is 32.6 Å². The summed E-state index contributed by atoms with van der Waals surface area (Å²) in [5.41, 5.74) is 4.30. The molecule has 0 spiro atoms. The minimum atomic E-state index is -0.890. The molecule has 1 aromatic carbocycles. The highest BCUT2D eigenvalue weighted by Crippen LogP contribution is 2.28. The zero-order valence-corrected chi connectivity index (χ0v) is 24.8. The molecule has 218 valence electrons. The van der Waals surface area contributed by atoms with Gasteiger partial charge in [-0.1, -0.05) is 45.0 Å². The van der Waals surface area contributed by atoms with Crippen molar-refractivity contribution in [2.45, 2.75) is 72.0 Å². The minimum Gasteiger partial charge on any atom is -0.481 e. The Kier molecular flexibility index (Phi) is 10.8. The summed E-state index contributed by atoms with van der Waals surface area (Å²) >= 11 is 1.59. The first-order valence-corrected chi connectivity index (χ1v) is 14.5. The fourth-order valence-corrected chi connectivity index (χ4v) is 5.51. The van der Waals surface area contributed by atoms with Gasteiger partial charge in [-0.15, -0.1) is 11.3 Å². The van der Waals surface area contributed by atoms with Crippen LogP contribution in [0.25, 0.3) is 10.4 Å². The third kappa shape index (κ3) is 8.59. The van der Waals surface area contributed by atoms with E-state index in [1.165, 1.54) is 0 Å². The maximum absolute atomic E-state index is 13.7. The Bertz CT molecular complexity index is 1190. The van der Waals surface area contributed by atoms with Crippen LogP contribution in [-0.4, -0.2) is 82.3 Å². The number of carbonyl (C=O) groups excluding carboxylic acids is 3. The molecule has 3 N–H and O–H groups in total. The van der Waals surface area contributed by atoms with E-state index in [1.807, 2.05) is 57.5 Å². The predicted octanol–water partition coefficient (Wildman–Crippen LogP) is 3.05. The van der Waals surface area contributed by atoms with Crippen LogP contribution in [0.1, 0.15) is 57.7 Å². The van der Waals surface area contributed by atoms with Gasteiger partial charge in [-0.25, -0.2) is 4.98 Å². The van der Waals surface area contributed by atoms with Gasteiger partial charge in [-0.2, -0.15) is 0 Å². The molecule has 11 heteroatoms. The van der Waals surface area contributed by atoms with E-state index in [0.717, 1.165) is 21.7 Å². The molecule has 3 amide bonds. The first kappa shape index (κ1) is 31.2. The highest BCUT2D eigenvalue weighted by atomic mass is 32.1. The third-order valence-electron chi connectivity index (χ3n) is 7.11. The molecule has 2 heterocycles. The van der Waals surface area contributed by atoms with Crippen molar-refractivity contribution < 1.29 is 24.3 Å². The highest BCUT2D eigenvalue weighted by Gasteiger charge is 2.41. The van der Waals surface area contributed by atoms with Gasteiger partial charge in [0.25, 0.3) is 0 Å². The lowest BCUT2D eigenvalue weighted by Crippen LogP contribution is -2.57. The lowest BCUT2D eigenvalue weighted by Gasteiger charge is -2.35. The highest BCUT2D eigenvalue weighted by molar-refractivity contribution is 7.13. The van der Waals surface area contributed by atoms with Crippen molar-refractivity contribution in [3.63, 3.8) is 0 Å². The Morgan fingerprint density at radius 3 is 2.42 bits per heavy atom. The average molecular weight is 572 g/mol. The van der Waals surface area contributed by atoms with Crippen LogP contribution in [0, 0.1) is 12.3 Å². The smallest absolute Gasteiger partial charge is 0.304 e. The van der Waals surface area contributed by atoms with Crippen molar-refractivity contribution in [3.8, 4) is 10.4 Å². The number of aryl methyl sites for hydroxylation is 1. The van der Waals surface area contributed by atoms with Crippen LogP contribution in [-0.2, 0) is 25.7 Å². The van der Waals surface area contributed by atoms with Crippen LogP contribution in [0.2, 0.25) is 0 Å². The maximum Gasteiger partial charge on any atom is 0.304 e. The summed E-state index contributed by atoms with van der Waals surface area (Å²) in [6, 6.07) is 6.63. The molecule has 0 aliphatic carbocycles. The van der Waals surface area contributed by atoms with E-state index in [-0.39, 0.29) is 30.6 Å². The molecule has 1 saturated heterocycles. The molecular weight excluding hydrogens is 530 g/mol. The number of benzene rings is 1. The van der Waals surface area contributed by atoms with Crippen LogP contribution in [0.4, 0.5) is 0 Å². The number of aromatic nitrogens is 1. The van der Waals surface area contributed by atoms with Crippen molar-refractivity contribution in [1.29, 1.82) is 0 Å². The zero-order valence-electron chi connectivity index (χ0n) is 24.0. The second-order valence-electron chi connectivity index (χ2n) is 11.4. The molecule has 40 heavy (non-hydrogen) atoms. The molecule has 1 aliphatic rings. The summed E-state index contributed by atoms with van der Waals surface area (Å²) in [6.45, 7) is 9.17. The van der Waals surface area contributed by atoms with Crippen molar-refractivity contribution in [1.82, 2.24) is 25.4 Å². The van der Waals surface area contributed by atoms with E-state index in [2.05, 4.69) is 15.6 Å². The normalized spacial score (nSPS) is 16.1. The Hall–Kier alpha value is -3.31. The molecule has 3 rings (SSSR count). The molecule has 10 nitrogen and oxygen atoms in total. The summed E-state index contributed by atoms with van der Waals surface area (Å²) in [7, 11) is 1.76. The third-order valence-corrected chi connectivity index (χ3v) is 8.09. The number of nitrogens with one attached hydrogen (secondary N) is 2. The van der Waals surface area contributed by atoms with Gasteiger partial charge in [0.05, 0.1) is 22.5 Å². The standard InChI is InChI=1S/C29H41N5O5S/c1-19-25(40-18-31-19)21-10-8-20(9-11-21)17-30-27(38)22-7-6-14-34(22)28(39)26(29(2,3)4)32-23(35)12-15-33(5)16-13-24(36)37/h8-11,18,22,26H,6-7,12-17H2,1-5H3,(H,30,38)(H,32,35)(H,36,37)/t22-,26?/m0/s1. The Morgan fingerprint density at radius 1 is 1.15 bits per heavy atom. The number of rotatable bonds is 12. The fourth-order valence-electron chi connectivity index (χ4n) is 4.70. The van der Waals surface area contributed by atoms with E-state index in [9.17, 15) is 19.2 Å². The first-order chi connectivity index (χ1) is 18.9. The first-order valence-electron chi connectivity index (χ1n) is 13.6. The predicted molar refractivity (Wildman–Crippen MR) is 155 cm³/mol. The number of carboxylic acid groups (broad SMARTS) is 1. The van der Waals surface area contributed by atoms with Crippen molar-refractivity contribution in [2.75, 3.05) is 26.7 Å². The van der Waals surface area contributed by atoms with Gasteiger partial charge < -0.3 is 25.5 Å². The molecule has 0 saturated carbocycles. The largest absolute Gasteiger partial charge is 0.481 e. The van der Waals surface area contributed by atoms with Gasteiger partial charge >= 0.3 is 5.97 Å². The molecular formula is C29H41N5O5S. The van der Waals surface area contributed by atoms with Crippen LogP contribution in [0.5, 0.6) is 0 Å². The van der Waals surface area contributed by atoms with Crippen LogP contribution < -0.4 is 10.6 Å². The topological polar surface area (TPSA) is 132 Å². The van der Waals surface area contributed by atoms with Crippen molar-refractivity contribution in [3.05, 3.63) is 41.0 Å². The quantitative estimate of drug-likeness (QED) is 0.357. The maximum atomic E-state index is 13.7. The monoisotopic (exact) mass is 571 g/mol. The van der Waals surface area contributed by atoms with Crippen LogP contribution in [0.15, 0.2) is 29.8 Å². The minimum absolute atomic E-state index is 0.00248. The lowest BCUT2D eigenvalue weighted by molar-refractivity contribution is -0.144. The van der Waals surface area contributed by atoms with Gasteiger partial charge in [0.2, 0.25) is 17.7 Å². The lowest BCUT2D eigenvalue weighted by atomic mass is 9.85. The number of nitrogens with zero attached hydrogens (tertiary/aromatic N) is 3. The van der Waals surface area contributed by atoms with Crippen LogP contribution in [0.3, 0.4) is 0 Å². The number of likely N-dealkylation sites (tertiary alicyclic amines) is 1. The molecule has 1 aromatic heterocycles. The number of carboxylic acids is 1. The van der Waals surface area contributed by atoms with Crippen molar-refractivity contribution in [2.24, 2.45) is 5.41 Å². The fraction of sp³-hybridized carbons (Fsp3) is 0.552. The van der Waals surface area contributed by atoms with Gasteiger partial charge in [0.1, 0.15) is 12.1 Å². The second kappa shape index (κ2) is 13.8. The summed E-state index contributed by atoms with van der Waals surface area (Å²) in [4.78, 5) is 59.1. The van der Waals surface area contributed by atoms with Gasteiger partial charge in [-0.05, 0) is 43.4 Å². The Balaban J connectivity index is 1.57. The Morgan fingerprint density at radius 2 is 1.82 bits per heavy atom. The molecule has 0 bridgehead atoms. The number of hydrogen-bond donors (Lipinski definition) is 3. The summed E-state index contributed by atoms with van der Waals surface area (Å²) in [5.74, 6) is -1.64.